The Morgan fingerprint density at radius 3 is 2.67 bits per heavy atom. The van der Waals surface area contributed by atoms with E-state index >= 15 is 0 Å². The molecule has 2 aromatic carbocycles. The van der Waals surface area contributed by atoms with Crippen LogP contribution < -0.4 is 11.0 Å². The number of hydrogen-bond acceptors (Lipinski definition) is 4. The second-order valence-corrected chi connectivity index (χ2v) is 6.85. The average molecular weight is 360 g/mol. The largest absolute Gasteiger partial charge is 0.321 e. The highest BCUT2D eigenvalue weighted by atomic mass is 16.2. The Morgan fingerprint density at radius 1 is 1.19 bits per heavy atom. The fraction of sp³-hybridized carbons (Fsp3) is 0.190. The van der Waals surface area contributed by atoms with Gasteiger partial charge in [0.1, 0.15) is 0 Å². The summed E-state index contributed by atoms with van der Waals surface area (Å²) in [6.07, 6.45) is 1.39. The second kappa shape index (κ2) is 7.17. The molecule has 0 aliphatic carbocycles. The molecule has 1 aliphatic rings. The first-order valence-electron chi connectivity index (χ1n) is 8.83. The summed E-state index contributed by atoms with van der Waals surface area (Å²) < 4.78 is 0. The Bertz CT molecular complexity index is 1080. The van der Waals surface area contributed by atoms with Gasteiger partial charge in [0.05, 0.1) is 18.3 Å². The van der Waals surface area contributed by atoms with Crippen molar-refractivity contribution in [2.45, 2.75) is 20.0 Å². The summed E-state index contributed by atoms with van der Waals surface area (Å²) >= 11 is 0. The van der Waals surface area contributed by atoms with E-state index in [1.54, 1.807) is 6.07 Å². The zero-order valence-electron chi connectivity index (χ0n) is 15.0. The minimum atomic E-state index is -0.237. The first-order valence-corrected chi connectivity index (χ1v) is 8.83. The third kappa shape index (κ3) is 3.80. The fourth-order valence-corrected chi connectivity index (χ4v) is 3.37. The minimum absolute atomic E-state index is 0.202. The monoisotopic (exact) mass is 360 g/mol. The summed E-state index contributed by atoms with van der Waals surface area (Å²) in [4.78, 5) is 29.1. The molecule has 0 atom stereocenters. The summed E-state index contributed by atoms with van der Waals surface area (Å²) in [5.41, 5.74) is 7.07. The van der Waals surface area contributed by atoms with E-state index in [4.69, 9.17) is 0 Å². The van der Waals surface area contributed by atoms with Crippen molar-refractivity contribution >= 4 is 23.0 Å². The van der Waals surface area contributed by atoms with Crippen molar-refractivity contribution < 1.29 is 4.79 Å². The van der Waals surface area contributed by atoms with Gasteiger partial charge in [0, 0.05) is 18.6 Å². The van der Waals surface area contributed by atoms with Crippen molar-refractivity contribution in [1.29, 1.82) is 0 Å². The van der Waals surface area contributed by atoms with E-state index in [9.17, 15) is 9.59 Å². The molecule has 27 heavy (non-hydrogen) atoms. The molecule has 0 spiro atoms. The lowest BCUT2D eigenvalue weighted by Gasteiger charge is -2.12. The number of aromatic nitrogens is 1. The third-order valence-electron chi connectivity index (χ3n) is 4.69. The molecule has 2 heterocycles. The molecule has 136 valence electrons. The van der Waals surface area contributed by atoms with E-state index in [1.165, 1.54) is 17.3 Å². The normalized spacial score (nSPS) is 14.0. The number of aryl methyl sites for hydroxylation is 1. The highest BCUT2D eigenvalue weighted by molar-refractivity contribution is 5.88. The maximum atomic E-state index is 12.1. The third-order valence-corrected chi connectivity index (χ3v) is 4.69. The smallest absolute Gasteiger partial charge is 0.257 e. The van der Waals surface area contributed by atoms with Crippen LogP contribution in [0, 0.1) is 6.92 Å². The Hall–Kier alpha value is -3.25. The SMILES string of the molecule is Cc1ccc2[nH]c(=O)c(/C=N\NC(=O)CN3Cc4ccccc4C3)cc2c1. The molecule has 0 saturated heterocycles. The molecule has 0 radical (unpaired) electrons. The van der Waals surface area contributed by atoms with E-state index in [-0.39, 0.29) is 18.0 Å². The zero-order valence-corrected chi connectivity index (χ0v) is 15.0. The van der Waals surface area contributed by atoms with Gasteiger partial charge in [-0.2, -0.15) is 5.10 Å². The van der Waals surface area contributed by atoms with Crippen LogP contribution in [-0.4, -0.2) is 28.6 Å². The van der Waals surface area contributed by atoms with Gasteiger partial charge in [0.15, 0.2) is 0 Å². The number of amides is 1. The van der Waals surface area contributed by atoms with Crippen molar-refractivity contribution in [3.8, 4) is 0 Å². The molecular weight excluding hydrogens is 340 g/mol. The number of hydrogen-bond donors (Lipinski definition) is 2. The van der Waals surface area contributed by atoms with Gasteiger partial charge in [-0.25, -0.2) is 5.43 Å². The van der Waals surface area contributed by atoms with Crippen molar-refractivity contribution in [3.05, 3.63) is 81.1 Å². The number of nitrogens with one attached hydrogen (secondary N) is 2. The molecule has 1 aromatic heterocycles. The molecule has 1 amide bonds. The van der Waals surface area contributed by atoms with Gasteiger partial charge in [-0.1, -0.05) is 35.9 Å². The number of rotatable bonds is 4. The van der Waals surface area contributed by atoms with Crippen molar-refractivity contribution in [2.24, 2.45) is 5.10 Å². The Balaban J connectivity index is 1.39. The molecule has 4 rings (SSSR count). The van der Waals surface area contributed by atoms with Gasteiger partial charge in [0.25, 0.3) is 11.5 Å². The first-order chi connectivity index (χ1) is 13.1. The number of fused-ring (bicyclic) bond motifs is 2. The van der Waals surface area contributed by atoms with E-state index in [1.807, 2.05) is 37.3 Å². The molecular formula is C21H20N4O2. The number of carbonyl (C=O) groups excluding carboxylic acids is 1. The number of nitrogens with zero attached hydrogens (tertiary/aromatic N) is 2. The van der Waals surface area contributed by atoms with Crippen LogP contribution in [0.2, 0.25) is 0 Å². The average Bonchev–Trinajstić information content (AvgIpc) is 3.04. The van der Waals surface area contributed by atoms with Gasteiger partial charge >= 0.3 is 0 Å². The summed E-state index contributed by atoms with van der Waals surface area (Å²) in [6.45, 7) is 3.78. The number of aromatic amines is 1. The highest BCUT2D eigenvalue weighted by Gasteiger charge is 2.19. The topological polar surface area (TPSA) is 77.6 Å². The Morgan fingerprint density at radius 2 is 1.93 bits per heavy atom. The predicted molar refractivity (Wildman–Crippen MR) is 106 cm³/mol. The van der Waals surface area contributed by atoms with Gasteiger partial charge < -0.3 is 4.98 Å². The number of benzene rings is 2. The molecule has 3 aromatic rings. The van der Waals surface area contributed by atoms with Crippen molar-refractivity contribution in [3.63, 3.8) is 0 Å². The van der Waals surface area contributed by atoms with Gasteiger partial charge in [0.2, 0.25) is 0 Å². The maximum Gasteiger partial charge on any atom is 0.257 e. The second-order valence-electron chi connectivity index (χ2n) is 6.85. The Kier molecular flexibility index (Phi) is 4.56. The molecule has 6 heteroatoms. The van der Waals surface area contributed by atoms with E-state index in [2.05, 4.69) is 32.5 Å². The van der Waals surface area contributed by atoms with Crippen LogP contribution in [0.3, 0.4) is 0 Å². The lowest BCUT2D eigenvalue weighted by Crippen LogP contribution is -2.32. The maximum absolute atomic E-state index is 12.1. The van der Waals surface area contributed by atoms with E-state index in [0.717, 1.165) is 29.6 Å². The summed E-state index contributed by atoms with van der Waals surface area (Å²) in [6, 6.07) is 15.8. The fourth-order valence-electron chi connectivity index (χ4n) is 3.37. The van der Waals surface area contributed by atoms with Crippen LogP contribution in [0.1, 0.15) is 22.3 Å². The van der Waals surface area contributed by atoms with Gasteiger partial charge in [-0.15, -0.1) is 0 Å². The molecule has 0 unspecified atom stereocenters. The van der Waals surface area contributed by atoms with Gasteiger partial charge in [-0.05, 0) is 41.6 Å². The number of hydrazone groups is 1. The zero-order chi connectivity index (χ0) is 18.8. The lowest BCUT2D eigenvalue weighted by atomic mass is 10.1. The van der Waals surface area contributed by atoms with Crippen molar-refractivity contribution in [2.75, 3.05) is 6.54 Å². The summed E-state index contributed by atoms with van der Waals surface area (Å²) in [7, 11) is 0. The summed E-state index contributed by atoms with van der Waals surface area (Å²) in [5.74, 6) is -0.202. The van der Waals surface area contributed by atoms with Crippen LogP contribution in [0.25, 0.3) is 10.9 Å². The quantitative estimate of drug-likeness (QED) is 0.554. The van der Waals surface area contributed by atoms with Gasteiger partial charge in [-0.3, -0.25) is 14.5 Å². The minimum Gasteiger partial charge on any atom is -0.321 e. The Labute approximate surface area is 156 Å². The predicted octanol–water partition coefficient (Wildman–Crippen LogP) is 2.30. The van der Waals surface area contributed by atoms with Crippen molar-refractivity contribution in [1.82, 2.24) is 15.3 Å². The lowest BCUT2D eigenvalue weighted by molar-refractivity contribution is -0.122. The molecule has 0 saturated carbocycles. The summed E-state index contributed by atoms with van der Waals surface area (Å²) in [5, 5.41) is 4.88. The van der Waals surface area contributed by atoms with Crippen LogP contribution in [0.15, 0.2) is 58.4 Å². The molecule has 1 aliphatic heterocycles. The van der Waals surface area contributed by atoms with Crippen LogP contribution in [0.4, 0.5) is 0 Å². The van der Waals surface area contributed by atoms with E-state index in [0.29, 0.717) is 5.56 Å². The van der Waals surface area contributed by atoms with Crippen LogP contribution in [0.5, 0.6) is 0 Å². The van der Waals surface area contributed by atoms with Crippen LogP contribution in [-0.2, 0) is 17.9 Å². The van der Waals surface area contributed by atoms with Crippen LogP contribution >= 0.6 is 0 Å². The van der Waals surface area contributed by atoms with E-state index < -0.39 is 0 Å². The molecule has 0 fully saturated rings. The number of H-pyrrole nitrogens is 1. The highest BCUT2D eigenvalue weighted by Crippen LogP contribution is 2.21. The standard InChI is InChI=1S/C21H20N4O2/c1-14-6-7-19-17(8-14)9-18(21(27)23-19)10-22-24-20(26)13-25-11-15-4-2-3-5-16(15)12-25/h2-10H,11-13H2,1H3,(H,23,27)(H,24,26)/b22-10-. The number of pyridine rings is 1. The molecule has 0 bridgehead atoms. The molecule has 6 nitrogen and oxygen atoms in total. The first kappa shape index (κ1) is 17.2. The molecule has 2 N–H and O–H groups in total. The number of carbonyl (C=O) groups is 1.